The minimum Gasteiger partial charge on any atom is -0.488 e. The molecular formula is C31H38F3N2O5+. The molecule has 0 bridgehead atoms. The van der Waals surface area contributed by atoms with Gasteiger partial charge >= 0.3 is 18.1 Å². The summed E-state index contributed by atoms with van der Waals surface area (Å²) in [4.78, 5) is 23.7. The van der Waals surface area contributed by atoms with Crippen LogP contribution in [-0.4, -0.2) is 68.6 Å². The number of quaternary nitrogens is 1. The SMILES string of the molecule is CC(C)OC(=O)CCc1ccc(C#N)c(OC[C@@H](C[N+](C)(C)CCC2Cc3ccccc3C2)OC(=O)C(F)(F)F)c1. The molecule has 7 nitrogen and oxygen atoms in total. The predicted octanol–water partition coefficient (Wildman–Crippen LogP) is 5.18. The van der Waals surface area contributed by atoms with Gasteiger partial charge in [-0.15, -0.1) is 0 Å². The second-order valence-electron chi connectivity index (χ2n) is 11.5. The fourth-order valence-corrected chi connectivity index (χ4v) is 5.06. The fraction of sp³-hybridized carbons (Fsp3) is 0.516. The molecule has 0 spiro atoms. The molecule has 0 fully saturated rings. The molecule has 10 heteroatoms. The number of ether oxygens (including phenoxy) is 3. The smallest absolute Gasteiger partial charge is 0.488 e. The summed E-state index contributed by atoms with van der Waals surface area (Å²) in [6.07, 6.45) is -3.35. The first kappa shape index (κ1) is 31.9. The van der Waals surface area contributed by atoms with Crippen molar-refractivity contribution in [2.24, 2.45) is 5.92 Å². The van der Waals surface area contributed by atoms with Gasteiger partial charge in [-0.1, -0.05) is 30.3 Å². The van der Waals surface area contributed by atoms with Crippen molar-refractivity contribution in [3.63, 3.8) is 0 Å². The molecule has 0 amide bonds. The summed E-state index contributed by atoms with van der Waals surface area (Å²) in [5, 5.41) is 9.53. The Labute approximate surface area is 239 Å². The van der Waals surface area contributed by atoms with Crippen LogP contribution in [0.25, 0.3) is 0 Å². The Kier molecular flexibility index (Phi) is 10.8. The highest BCUT2D eigenvalue weighted by Crippen LogP contribution is 2.29. The zero-order valence-electron chi connectivity index (χ0n) is 24.0. The molecule has 41 heavy (non-hydrogen) atoms. The van der Waals surface area contributed by atoms with E-state index in [-0.39, 0.29) is 43.0 Å². The van der Waals surface area contributed by atoms with E-state index in [4.69, 9.17) is 14.2 Å². The minimum atomic E-state index is -5.15. The van der Waals surface area contributed by atoms with E-state index < -0.39 is 18.2 Å². The van der Waals surface area contributed by atoms with E-state index >= 15 is 0 Å². The number of nitrogens with zero attached hydrogens (tertiary/aromatic N) is 2. The topological polar surface area (TPSA) is 85.6 Å². The third kappa shape index (κ3) is 10.1. The third-order valence-electron chi connectivity index (χ3n) is 7.06. The fourth-order valence-electron chi connectivity index (χ4n) is 5.06. The van der Waals surface area contributed by atoms with Crippen molar-refractivity contribution < 1.29 is 41.5 Å². The monoisotopic (exact) mass is 575 g/mol. The van der Waals surface area contributed by atoms with Crippen LogP contribution in [0.3, 0.4) is 0 Å². The number of carbonyl (C=O) groups excluding carboxylic acids is 2. The van der Waals surface area contributed by atoms with E-state index in [0.29, 0.717) is 28.9 Å². The van der Waals surface area contributed by atoms with Crippen molar-refractivity contribution in [1.29, 1.82) is 5.26 Å². The first-order valence-electron chi connectivity index (χ1n) is 13.8. The lowest BCUT2D eigenvalue weighted by atomic mass is 10.0. The molecule has 0 aromatic heterocycles. The zero-order valence-corrected chi connectivity index (χ0v) is 24.0. The van der Waals surface area contributed by atoms with Crippen LogP contribution in [-0.2, 0) is 38.3 Å². The van der Waals surface area contributed by atoms with Gasteiger partial charge in [-0.25, -0.2) is 4.79 Å². The van der Waals surface area contributed by atoms with Crippen LogP contribution in [0.2, 0.25) is 0 Å². The molecule has 1 atom stereocenters. The van der Waals surface area contributed by atoms with E-state index in [0.717, 1.165) is 19.3 Å². The van der Waals surface area contributed by atoms with Gasteiger partial charge in [0.25, 0.3) is 0 Å². The lowest BCUT2D eigenvalue weighted by Crippen LogP contribution is -2.50. The van der Waals surface area contributed by atoms with Crippen molar-refractivity contribution >= 4 is 11.9 Å². The Morgan fingerprint density at radius 2 is 1.73 bits per heavy atom. The quantitative estimate of drug-likeness (QED) is 0.242. The van der Waals surface area contributed by atoms with Crippen LogP contribution in [0.1, 0.15) is 48.9 Å². The third-order valence-corrected chi connectivity index (χ3v) is 7.06. The molecular weight excluding hydrogens is 537 g/mol. The van der Waals surface area contributed by atoms with E-state index in [1.807, 2.05) is 32.3 Å². The summed E-state index contributed by atoms with van der Waals surface area (Å²) in [5.41, 5.74) is 3.53. The normalized spacial score (nSPS) is 14.3. The number of hydrogen-bond donors (Lipinski definition) is 0. The number of esters is 2. The van der Waals surface area contributed by atoms with Gasteiger partial charge in [0.1, 0.15) is 25.0 Å². The predicted molar refractivity (Wildman–Crippen MR) is 146 cm³/mol. The molecule has 0 saturated carbocycles. The number of carbonyl (C=O) groups is 2. The number of benzene rings is 2. The molecule has 0 radical (unpaired) electrons. The largest absolute Gasteiger partial charge is 0.490 e. The summed E-state index contributed by atoms with van der Waals surface area (Å²) in [6.45, 7) is 3.89. The van der Waals surface area contributed by atoms with Gasteiger partial charge in [0.05, 0.1) is 32.3 Å². The number of aryl methyl sites for hydroxylation is 1. The Morgan fingerprint density at radius 1 is 1.07 bits per heavy atom. The van der Waals surface area contributed by atoms with Gasteiger partial charge in [0.15, 0.2) is 6.10 Å². The maximum atomic E-state index is 13.1. The minimum absolute atomic E-state index is 0.0874. The maximum Gasteiger partial charge on any atom is 0.490 e. The van der Waals surface area contributed by atoms with Crippen LogP contribution < -0.4 is 4.74 Å². The average molecular weight is 576 g/mol. The molecule has 0 N–H and O–H groups in total. The molecule has 1 aliphatic rings. The highest BCUT2D eigenvalue weighted by atomic mass is 19.4. The Balaban J connectivity index is 1.66. The summed E-state index contributed by atoms with van der Waals surface area (Å²) in [6, 6.07) is 15.1. The van der Waals surface area contributed by atoms with Crippen molar-refractivity contribution in [3.8, 4) is 11.8 Å². The Hall–Kier alpha value is -3.58. The molecule has 0 unspecified atom stereocenters. The van der Waals surface area contributed by atoms with Crippen LogP contribution >= 0.6 is 0 Å². The highest BCUT2D eigenvalue weighted by Gasteiger charge is 2.43. The number of alkyl halides is 3. The van der Waals surface area contributed by atoms with Crippen molar-refractivity contribution in [2.75, 3.05) is 33.8 Å². The van der Waals surface area contributed by atoms with E-state index in [1.165, 1.54) is 17.2 Å². The maximum absolute atomic E-state index is 13.1. The van der Waals surface area contributed by atoms with Crippen LogP contribution in [0, 0.1) is 17.2 Å². The van der Waals surface area contributed by atoms with E-state index in [2.05, 4.69) is 12.1 Å². The first-order valence-corrected chi connectivity index (χ1v) is 13.8. The Bertz CT molecular complexity index is 1230. The van der Waals surface area contributed by atoms with Crippen molar-refractivity contribution in [1.82, 2.24) is 0 Å². The average Bonchev–Trinajstić information content (AvgIpc) is 3.31. The van der Waals surface area contributed by atoms with E-state index in [9.17, 15) is 28.0 Å². The first-order chi connectivity index (χ1) is 19.3. The highest BCUT2D eigenvalue weighted by molar-refractivity contribution is 5.75. The molecule has 2 aromatic rings. The summed E-state index contributed by atoms with van der Waals surface area (Å²) in [5.74, 6) is -2.07. The molecule has 222 valence electrons. The number of likely N-dealkylation sites (N-methyl/N-ethyl adjacent to an activating group) is 1. The Morgan fingerprint density at radius 3 is 2.32 bits per heavy atom. The van der Waals surface area contributed by atoms with E-state index in [1.54, 1.807) is 26.0 Å². The molecule has 1 aliphatic carbocycles. The van der Waals surface area contributed by atoms with Gasteiger partial charge in [-0.2, -0.15) is 18.4 Å². The molecule has 0 aliphatic heterocycles. The van der Waals surface area contributed by atoms with Crippen LogP contribution in [0.4, 0.5) is 13.2 Å². The van der Waals surface area contributed by atoms with Gasteiger partial charge in [0, 0.05) is 12.8 Å². The zero-order chi connectivity index (χ0) is 30.2. The number of rotatable bonds is 13. The van der Waals surface area contributed by atoms with Crippen molar-refractivity contribution in [2.45, 2.75) is 64.3 Å². The van der Waals surface area contributed by atoms with Crippen LogP contribution in [0.15, 0.2) is 42.5 Å². The number of fused-ring (bicyclic) bond motifs is 1. The summed E-state index contributed by atoms with van der Waals surface area (Å²) in [7, 11) is 3.77. The van der Waals surface area contributed by atoms with Gasteiger partial charge < -0.3 is 18.7 Å². The van der Waals surface area contributed by atoms with Crippen LogP contribution in [0.5, 0.6) is 5.75 Å². The number of hydrogen-bond acceptors (Lipinski definition) is 6. The molecule has 3 rings (SSSR count). The molecule has 0 saturated heterocycles. The number of halogens is 3. The van der Waals surface area contributed by atoms with Gasteiger partial charge in [0.2, 0.25) is 0 Å². The van der Waals surface area contributed by atoms with Crippen molar-refractivity contribution in [3.05, 3.63) is 64.7 Å². The summed E-state index contributed by atoms with van der Waals surface area (Å²) < 4.78 is 55.4. The lowest BCUT2D eigenvalue weighted by molar-refractivity contribution is -0.893. The lowest BCUT2D eigenvalue weighted by Gasteiger charge is -2.34. The van der Waals surface area contributed by atoms with Gasteiger partial charge in [-0.3, -0.25) is 4.79 Å². The molecule has 0 heterocycles. The second kappa shape index (κ2) is 13.9. The molecule has 2 aromatic carbocycles. The second-order valence-corrected chi connectivity index (χ2v) is 11.5. The van der Waals surface area contributed by atoms with Gasteiger partial charge in [-0.05, 0) is 67.9 Å². The summed E-state index contributed by atoms with van der Waals surface area (Å²) >= 11 is 0. The standard InChI is InChI=1S/C31H38F3N2O5/c1-21(2)40-29(37)12-10-22-9-11-26(18-35)28(17-22)39-20-27(41-30(38)31(32,33)34)19-36(3,4)14-13-23-15-24-7-5-6-8-25(24)16-23/h5-9,11,17,21,23,27H,10,12-16,19-20H2,1-4H3/q+1/t27-/m1/s1. The number of nitriles is 1.